The van der Waals surface area contributed by atoms with Crippen LogP contribution in [0.25, 0.3) is 0 Å². The van der Waals surface area contributed by atoms with Crippen molar-refractivity contribution in [3.63, 3.8) is 0 Å². The maximum atomic E-state index is 4.31. The Labute approximate surface area is 97.2 Å². The van der Waals surface area contributed by atoms with Gasteiger partial charge in [0.1, 0.15) is 5.82 Å². The second-order valence-corrected chi connectivity index (χ2v) is 4.49. The zero-order chi connectivity index (χ0) is 11.2. The van der Waals surface area contributed by atoms with E-state index in [1.54, 1.807) is 0 Å². The van der Waals surface area contributed by atoms with Crippen LogP contribution in [0.1, 0.15) is 44.5 Å². The van der Waals surface area contributed by atoms with Crippen LogP contribution < -0.4 is 10.6 Å². The molecule has 1 aliphatic rings. The molecule has 0 spiro atoms. The molecule has 4 heteroatoms. The number of aromatic nitrogens is 2. The van der Waals surface area contributed by atoms with E-state index in [0.717, 1.165) is 18.8 Å². The molecular formula is C12H22N4. The number of nitrogens with one attached hydrogen (secondary N) is 3. The Balaban J connectivity index is 1.78. The maximum absolute atomic E-state index is 4.31. The van der Waals surface area contributed by atoms with Gasteiger partial charge in [0.25, 0.3) is 0 Å². The molecule has 1 aromatic heterocycles. The monoisotopic (exact) mass is 222 g/mol. The van der Waals surface area contributed by atoms with Crippen LogP contribution in [0, 0.1) is 0 Å². The number of piperidine rings is 1. The predicted octanol–water partition coefficient (Wildman–Crippen LogP) is 1.59. The Morgan fingerprint density at radius 2 is 2.50 bits per heavy atom. The summed E-state index contributed by atoms with van der Waals surface area (Å²) in [7, 11) is 0. The number of imidazole rings is 1. The molecule has 1 fully saturated rings. The molecule has 3 N–H and O–H groups in total. The third-order valence-corrected chi connectivity index (χ3v) is 3.28. The molecule has 0 saturated carbocycles. The second kappa shape index (κ2) is 6.01. The largest absolute Gasteiger partial charge is 0.347 e. The van der Waals surface area contributed by atoms with Crippen molar-refractivity contribution in [3.8, 4) is 0 Å². The molecule has 90 valence electrons. The smallest absolute Gasteiger partial charge is 0.123 e. The summed E-state index contributed by atoms with van der Waals surface area (Å²) in [5.41, 5.74) is 0. The van der Waals surface area contributed by atoms with Crippen molar-refractivity contribution in [1.29, 1.82) is 0 Å². The van der Waals surface area contributed by atoms with E-state index >= 15 is 0 Å². The maximum Gasteiger partial charge on any atom is 0.123 e. The first kappa shape index (κ1) is 11.6. The van der Waals surface area contributed by atoms with Gasteiger partial charge >= 0.3 is 0 Å². The van der Waals surface area contributed by atoms with Crippen LogP contribution in [0.15, 0.2) is 12.4 Å². The summed E-state index contributed by atoms with van der Waals surface area (Å²) < 4.78 is 0. The van der Waals surface area contributed by atoms with Crippen LogP contribution in [-0.4, -0.2) is 29.1 Å². The summed E-state index contributed by atoms with van der Waals surface area (Å²) in [5.74, 6) is 1.05. The molecule has 0 aromatic carbocycles. The molecule has 2 heterocycles. The molecule has 0 bridgehead atoms. The van der Waals surface area contributed by atoms with E-state index in [2.05, 4.69) is 27.5 Å². The molecule has 0 aliphatic carbocycles. The lowest BCUT2D eigenvalue weighted by Crippen LogP contribution is -2.42. The summed E-state index contributed by atoms with van der Waals surface area (Å²) in [6, 6.07) is 0.997. The van der Waals surface area contributed by atoms with E-state index in [1.165, 1.54) is 25.8 Å². The van der Waals surface area contributed by atoms with Gasteiger partial charge in [-0.05, 0) is 25.8 Å². The van der Waals surface area contributed by atoms with Gasteiger partial charge < -0.3 is 15.6 Å². The minimum Gasteiger partial charge on any atom is -0.347 e. The minimum absolute atomic E-state index is 0.360. The summed E-state index contributed by atoms with van der Waals surface area (Å²) in [6.07, 6.45) is 8.75. The van der Waals surface area contributed by atoms with Crippen molar-refractivity contribution >= 4 is 0 Å². The number of hydrogen-bond donors (Lipinski definition) is 3. The van der Waals surface area contributed by atoms with E-state index in [1.807, 2.05) is 12.4 Å². The fourth-order valence-electron chi connectivity index (χ4n) is 2.29. The quantitative estimate of drug-likeness (QED) is 0.709. The summed E-state index contributed by atoms with van der Waals surface area (Å²) >= 11 is 0. The van der Waals surface area contributed by atoms with Crippen molar-refractivity contribution in [2.24, 2.45) is 0 Å². The normalized spacial score (nSPS) is 23.2. The Kier molecular flexibility index (Phi) is 4.36. The van der Waals surface area contributed by atoms with Crippen LogP contribution in [0.2, 0.25) is 0 Å². The second-order valence-electron chi connectivity index (χ2n) is 4.49. The molecule has 2 unspecified atom stereocenters. The Hall–Kier alpha value is -0.870. The number of rotatable bonds is 5. The summed E-state index contributed by atoms with van der Waals surface area (Å²) in [6.45, 7) is 4.40. The van der Waals surface area contributed by atoms with Gasteiger partial charge in [-0.1, -0.05) is 13.3 Å². The van der Waals surface area contributed by atoms with E-state index in [4.69, 9.17) is 0 Å². The third-order valence-electron chi connectivity index (χ3n) is 3.28. The standard InChI is InChI=1S/C12H22N4/c1-2-11(12-14-7-8-15-12)16-9-10-5-3-4-6-13-10/h7-8,10-11,13,16H,2-6,9H2,1H3,(H,14,15). The number of H-pyrrole nitrogens is 1. The van der Waals surface area contributed by atoms with E-state index in [-0.39, 0.29) is 0 Å². The van der Waals surface area contributed by atoms with Crippen LogP contribution in [0.5, 0.6) is 0 Å². The van der Waals surface area contributed by atoms with Crippen LogP contribution >= 0.6 is 0 Å². The summed E-state index contributed by atoms with van der Waals surface area (Å²) in [4.78, 5) is 7.49. The fraction of sp³-hybridized carbons (Fsp3) is 0.750. The van der Waals surface area contributed by atoms with Crippen molar-refractivity contribution in [3.05, 3.63) is 18.2 Å². The molecule has 0 radical (unpaired) electrons. The number of aromatic amines is 1. The highest BCUT2D eigenvalue weighted by molar-refractivity contribution is 4.95. The van der Waals surface area contributed by atoms with Gasteiger partial charge in [0.2, 0.25) is 0 Å². The lowest BCUT2D eigenvalue weighted by atomic mass is 10.0. The Morgan fingerprint density at radius 3 is 3.12 bits per heavy atom. The van der Waals surface area contributed by atoms with E-state index < -0.39 is 0 Å². The van der Waals surface area contributed by atoms with E-state index in [9.17, 15) is 0 Å². The molecule has 2 atom stereocenters. The average Bonchev–Trinajstić information content (AvgIpc) is 2.85. The molecule has 1 saturated heterocycles. The van der Waals surface area contributed by atoms with E-state index in [0.29, 0.717) is 12.1 Å². The Bertz CT molecular complexity index is 277. The van der Waals surface area contributed by atoms with Crippen molar-refractivity contribution < 1.29 is 0 Å². The van der Waals surface area contributed by atoms with Gasteiger partial charge in [0, 0.05) is 25.0 Å². The van der Waals surface area contributed by atoms with Crippen molar-refractivity contribution in [1.82, 2.24) is 20.6 Å². The first-order valence-electron chi connectivity index (χ1n) is 6.36. The van der Waals surface area contributed by atoms with Gasteiger partial charge in [0.05, 0.1) is 6.04 Å². The first-order valence-corrected chi connectivity index (χ1v) is 6.36. The minimum atomic E-state index is 0.360. The van der Waals surface area contributed by atoms with Gasteiger partial charge in [-0.25, -0.2) is 4.98 Å². The zero-order valence-electron chi connectivity index (χ0n) is 10.00. The molecule has 0 amide bonds. The first-order chi connectivity index (χ1) is 7.90. The van der Waals surface area contributed by atoms with Crippen LogP contribution in [-0.2, 0) is 0 Å². The predicted molar refractivity (Wildman–Crippen MR) is 65.3 cm³/mol. The van der Waals surface area contributed by atoms with Gasteiger partial charge in [0.15, 0.2) is 0 Å². The third kappa shape index (κ3) is 3.06. The van der Waals surface area contributed by atoms with Crippen LogP contribution in [0.4, 0.5) is 0 Å². The lowest BCUT2D eigenvalue weighted by molar-refractivity contribution is 0.360. The molecule has 4 nitrogen and oxygen atoms in total. The topological polar surface area (TPSA) is 52.7 Å². The lowest BCUT2D eigenvalue weighted by Gasteiger charge is -2.25. The number of nitrogens with zero attached hydrogens (tertiary/aromatic N) is 1. The van der Waals surface area contributed by atoms with Gasteiger partial charge in [-0.2, -0.15) is 0 Å². The molecule has 1 aromatic rings. The van der Waals surface area contributed by atoms with Crippen LogP contribution in [0.3, 0.4) is 0 Å². The molecule has 2 rings (SSSR count). The average molecular weight is 222 g/mol. The number of hydrogen-bond acceptors (Lipinski definition) is 3. The SMILES string of the molecule is CCC(NCC1CCCCN1)c1ncc[nH]1. The zero-order valence-corrected chi connectivity index (χ0v) is 10.00. The fourth-order valence-corrected chi connectivity index (χ4v) is 2.29. The van der Waals surface area contributed by atoms with Crippen molar-refractivity contribution in [2.45, 2.75) is 44.7 Å². The molecular weight excluding hydrogens is 200 g/mol. The molecule has 1 aliphatic heterocycles. The highest BCUT2D eigenvalue weighted by atomic mass is 15.0. The highest BCUT2D eigenvalue weighted by Crippen LogP contribution is 2.12. The highest BCUT2D eigenvalue weighted by Gasteiger charge is 2.16. The van der Waals surface area contributed by atoms with Gasteiger partial charge in [-0.3, -0.25) is 0 Å². The summed E-state index contributed by atoms with van der Waals surface area (Å²) in [5, 5.41) is 7.14. The molecule has 16 heavy (non-hydrogen) atoms. The van der Waals surface area contributed by atoms with Crippen molar-refractivity contribution in [2.75, 3.05) is 13.1 Å². The Morgan fingerprint density at radius 1 is 1.56 bits per heavy atom. The van der Waals surface area contributed by atoms with Gasteiger partial charge in [-0.15, -0.1) is 0 Å².